The maximum atomic E-state index is 11.4. The summed E-state index contributed by atoms with van der Waals surface area (Å²) in [4.78, 5) is -0.865. The van der Waals surface area contributed by atoms with Crippen molar-refractivity contribution in [1.29, 1.82) is 0 Å². The maximum absolute atomic E-state index is 11.4. The van der Waals surface area contributed by atoms with E-state index < -0.39 is 30.0 Å². The molecule has 0 aromatic heterocycles. The highest BCUT2D eigenvalue weighted by molar-refractivity contribution is 7.86. The fourth-order valence-electron chi connectivity index (χ4n) is 1.96. The van der Waals surface area contributed by atoms with Gasteiger partial charge in [-0.25, -0.2) is 0 Å². The summed E-state index contributed by atoms with van der Waals surface area (Å²) in [5.41, 5.74) is 5.80. The van der Waals surface area contributed by atoms with E-state index in [0.717, 1.165) is 12.1 Å². The number of rotatable bonds is 4. The van der Waals surface area contributed by atoms with Crippen molar-refractivity contribution in [2.45, 2.75) is 9.79 Å². The van der Waals surface area contributed by atoms with E-state index in [1.54, 1.807) is 0 Å². The Balaban J connectivity index is 2.59. The van der Waals surface area contributed by atoms with Crippen LogP contribution in [0, 0.1) is 0 Å². The molecule has 0 unspecified atom stereocenters. The molecule has 0 radical (unpaired) electrons. The highest BCUT2D eigenvalue weighted by Crippen LogP contribution is 2.25. The highest BCUT2D eigenvalue weighted by Gasteiger charge is 2.16. The quantitative estimate of drug-likeness (QED) is 0.415. The van der Waals surface area contributed by atoms with Gasteiger partial charge in [-0.1, -0.05) is 35.9 Å². The molecule has 0 aliphatic carbocycles. The van der Waals surface area contributed by atoms with Crippen molar-refractivity contribution in [2.75, 3.05) is 5.73 Å². The predicted molar refractivity (Wildman–Crippen MR) is 90.9 cm³/mol. The van der Waals surface area contributed by atoms with Crippen molar-refractivity contribution >= 4 is 49.7 Å². The largest absolute Gasteiger partial charge is 0.399 e. The van der Waals surface area contributed by atoms with Crippen LogP contribution in [0.25, 0.3) is 12.2 Å². The van der Waals surface area contributed by atoms with Crippen LogP contribution in [0.15, 0.2) is 46.2 Å². The molecule has 2 rings (SSSR count). The molecule has 0 fully saturated rings. The second-order valence-corrected chi connectivity index (χ2v) is 7.98. The average Bonchev–Trinajstić information content (AvgIpc) is 2.45. The van der Waals surface area contributed by atoms with Gasteiger partial charge in [0.1, 0.15) is 9.79 Å². The molecule has 2 aromatic rings. The minimum atomic E-state index is -4.53. The maximum Gasteiger partial charge on any atom is 0.295 e. The number of benzene rings is 2. The number of hydrogen-bond acceptors (Lipinski definition) is 5. The van der Waals surface area contributed by atoms with Gasteiger partial charge in [-0.2, -0.15) is 16.8 Å². The number of nitrogens with two attached hydrogens (primary N) is 1. The first kappa shape index (κ1) is 18.4. The zero-order valence-corrected chi connectivity index (χ0v) is 14.3. The number of hydrogen-bond donors (Lipinski definition) is 3. The van der Waals surface area contributed by atoms with E-state index in [0.29, 0.717) is 0 Å². The van der Waals surface area contributed by atoms with Crippen LogP contribution < -0.4 is 5.73 Å². The van der Waals surface area contributed by atoms with E-state index in [1.807, 2.05) is 0 Å². The van der Waals surface area contributed by atoms with Crippen molar-refractivity contribution in [1.82, 2.24) is 0 Å². The van der Waals surface area contributed by atoms with Crippen LogP contribution in [-0.2, 0) is 20.2 Å². The molecule has 24 heavy (non-hydrogen) atoms. The van der Waals surface area contributed by atoms with Gasteiger partial charge in [0, 0.05) is 10.7 Å². The van der Waals surface area contributed by atoms with Gasteiger partial charge in [0.15, 0.2) is 0 Å². The molecule has 4 N–H and O–H groups in total. The minimum Gasteiger partial charge on any atom is -0.399 e. The summed E-state index contributed by atoms with van der Waals surface area (Å²) < 4.78 is 64.1. The molecule has 10 heteroatoms. The SMILES string of the molecule is Nc1ccc(/C=C/c2ccc(Cl)cc2S(=O)(=O)O)c(S(=O)(=O)O)c1. The fourth-order valence-corrected chi connectivity index (χ4v) is 3.63. The Bertz CT molecular complexity index is 946. The molecule has 0 saturated carbocycles. The van der Waals surface area contributed by atoms with E-state index >= 15 is 0 Å². The zero-order valence-electron chi connectivity index (χ0n) is 11.9. The van der Waals surface area contributed by atoms with Gasteiger partial charge in [-0.3, -0.25) is 9.11 Å². The number of nitrogen functional groups attached to an aromatic ring is 1. The molecule has 0 aliphatic rings. The van der Waals surface area contributed by atoms with E-state index in [9.17, 15) is 25.9 Å². The second-order valence-electron chi connectivity index (χ2n) is 4.76. The normalized spacial score (nSPS) is 12.6. The second kappa shape index (κ2) is 6.54. The van der Waals surface area contributed by atoms with Crippen molar-refractivity contribution in [3.63, 3.8) is 0 Å². The zero-order chi connectivity index (χ0) is 18.1. The molecular weight excluding hydrogens is 378 g/mol. The summed E-state index contributed by atoms with van der Waals surface area (Å²) in [6, 6.07) is 7.64. The Kier molecular flexibility index (Phi) is 5.02. The third-order valence-corrected chi connectivity index (χ3v) is 5.07. The summed E-state index contributed by atoms with van der Waals surface area (Å²) in [7, 11) is -9.05. The Morgan fingerprint density at radius 1 is 0.833 bits per heavy atom. The summed E-state index contributed by atoms with van der Waals surface area (Å²) in [6.07, 6.45) is 2.53. The molecule has 0 aliphatic heterocycles. The van der Waals surface area contributed by atoms with Crippen LogP contribution in [0.1, 0.15) is 11.1 Å². The topological polar surface area (TPSA) is 135 Å². The monoisotopic (exact) mass is 389 g/mol. The number of halogens is 1. The first-order valence-corrected chi connectivity index (χ1v) is 9.56. The van der Waals surface area contributed by atoms with Gasteiger partial charge >= 0.3 is 0 Å². The Hall–Kier alpha value is -1.91. The van der Waals surface area contributed by atoms with Gasteiger partial charge in [-0.05, 0) is 35.4 Å². The molecule has 0 bridgehead atoms. The average molecular weight is 390 g/mol. The fraction of sp³-hybridized carbons (Fsp3) is 0. The van der Waals surface area contributed by atoms with Gasteiger partial charge in [-0.15, -0.1) is 0 Å². The Morgan fingerprint density at radius 3 is 1.79 bits per heavy atom. The van der Waals surface area contributed by atoms with Crippen molar-refractivity contribution in [2.24, 2.45) is 0 Å². The predicted octanol–water partition coefficient (Wildman–Crippen LogP) is 2.59. The Labute approximate surface area is 143 Å². The summed E-state index contributed by atoms with van der Waals surface area (Å²) >= 11 is 5.72. The molecule has 0 atom stereocenters. The minimum absolute atomic E-state index is 0.0833. The summed E-state index contributed by atoms with van der Waals surface area (Å²) in [6.45, 7) is 0. The third kappa shape index (κ3) is 4.34. The summed E-state index contributed by atoms with van der Waals surface area (Å²) in [5.74, 6) is 0. The lowest BCUT2D eigenvalue weighted by Crippen LogP contribution is -2.02. The molecule has 0 amide bonds. The van der Waals surface area contributed by atoms with Crippen LogP contribution in [0.2, 0.25) is 5.02 Å². The molecule has 7 nitrogen and oxygen atoms in total. The lowest BCUT2D eigenvalue weighted by Gasteiger charge is -2.06. The van der Waals surface area contributed by atoms with Crippen LogP contribution in [0.3, 0.4) is 0 Å². The van der Waals surface area contributed by atoms with Crippen LogP contribution in [0.4, 0.5) is 5.69 Å². The third-order valence-electron chi connectivity index (χ3n) is 3.01. The molecule has 0 heterocycles. The molecule has 2 aromatic carbocycles. The molecule has 0 saturated heterocycles. The first-order chi connectivity index (χ1) is 11.0. The lowest BCUT2D eigenvalue weighted by molar-refractivity contribution is 0.480. The Morgan fingerprint density at radius 2 is 1.29 bits per heavy atom. The lowest BCUT2D eigenvalue weighted by atomic mass is 10.1. The van der Waals surface area contributed by atoms with Crippen LogP contribution in [-0.4, -0.2) is 25.9 Å². The van der Waals surface area contributed by atoms with E-state index in [-0.39, 0.29) is 21.8 Å². The highest BCUT2D eigenvalue weighted by atomic mass is 35.5. The van der Waals surface area contributed by atoms with Crippen molar-refractivity contribution < 1.29 is 25.9 Å². The van der Waals surface area contributed by atoms with Gasteiger partial charge in [0.05, 0.1) is 0 Å². The smallest absolute Gasteiger partial charge is 0.295 e. The first-order valence-electron chi connectivity index (χ1n) is 6.30. The van der Waals surface area contributed by atoms with Crippen molar-refractivity contribution in [3.8, 4) is 0 Å². The van der Waals surface area contributed by atoms with Gasteiger partial charge in [0.2, 0.25) is 0 Å². The standard InChI is InChI=1S/C14H12ClNO6S2/c15-11-5-3-9(13(7-11)23(17,18)19)1-2-10-4-6-12(16)8-14(10)24(20,21)22/h1-8H,16H2,(H,17,18,19)(H,20,21,22)/b2-1+. The van der Waals surface area contributed by atoms with E-state index in [2.05, 4.69) is 0 Å². The molecular formula is C14H12ClNO6S2. The molecule has 0 spiro atoms. The van der Waals surface area contributed by atoms with Gasteiger partial charge < -0.3 is 5.73 Å². The van der Waals surface area contributed by atoms with Crippen molar-refractivity contribution in [3.05, 3.63) is 52.5 Å². The van der Waals surface area contributed by atoms with Crippen LogP contribution >= 0.6 is 11.6 Å². The number of anilines is 1. The van der Waals surface area contributed by atoms with E-state index in [4.69, 9.17) is 17.3 Å². The van der Waals surface area contributed by atoms with E-state index in [1.165, 1.54) is 36.4 Å². The molecule has 128 valence electrons. The summed E-state index contributed by atoms with van der Waals surface area (Å²) in [5, 5.41) is 0.103. The van der Waals surface area contributed by atoms with Gasteiger partial charge in [0.25, 0.3) is 20.2 Å². The van der Waals surface area contributed by atoms with Crippen LogP contribution in [0.5, 0.6) is 0 Å².